The van der Waals surface area contributed by atoms with Crippen molar-refractivity contribution in [1.29, 1.82) is 0 Å². The summed E-state index contributed by atoms with van der Waals surface area (Å²) in [6.45, 7) is 6.87. The Morgan fingerprint density at radius 2 is 2.17 bits per heavy atom. The third-order valence-corrected chi connectivity index (χ3v) is 6.21. The van der Waals surface area contributed by atoms with Crippen molar-refractivity contribution in [2.24, 2.45) is 5.50 Å². The second kappa shape index (κ2) is 6.39. The maximum Gasteiger partial charge on any atom is 0.183 e. The minimum absolute atomic E-state index is 0.525. The molecule has 0 bridgehead atoms. The summed E-state index contributed by atoms with van der Waals surface area (Å²) in [6, 6.07) is 0. The number of hydrogen-bond acceptors (Lipinski definition) is 3. The zero-order valence-electron chi connectivity index (χ0n) is 7.95. The first-order chi connectivity index (χ1) is 5.52. The van der Waals surface area contributed by atoms with Gasteiger partial charge in [0.1, 0.15) is 0 Å². The van der Waals surface area contributed by atoms with Crippen LogP contribution in [0.25, 0.3) is 0 Å². The van der Waals surface area contributed by atoms with Crippen molar-refractivity contribution in [2.75, 3.05) is 6.61 Å². The molecule has 12 heavy (non-hydrogen) atoms. The second-order valence-electron chi connectivity index (χ2n) is 2.66. The standard InChI is InChI=1S/C7H18NOPS2/c1-4-6-7(3)12-10(8,11)9-5-2/h7H,4-6H2,1-3H3,(H2,8,11). The summed E-state index contributed by atoms with van der Waals surface area (Å²) in [5.74, 6) is 0. The molecule has 0 aromatic heterocycles. The molecule has 5 heteroatoms. The van der Waals surface area contributed by atoms with Crippen LogP contribution in [-0.4, -0.2) is 11.9 Å². The highest BCUT2D eigenvalue weighted by atomic mass is 32.9. The van der Waals surface area contributed by atoms with Crippen LogP contribution < -0.4 is 5.50 Å². The first-order valence-corrected chi connectivity index (χ1v) is 8.50. The van der Waals surface area contributed by atoms with E-state index >= 15 is 0 Å². The molecule has 0 fully saturated rings. The van der Waals surface area contributed by atoms with Gasteiger partial charge in [-0.2, -0.15) is 0 Å². The van der Waals surface area contributed by atoms with Crippen LogP contribution in [0.4, 0.5) is 0 Å². The van der Waals surface area contributed by atoms with Crippen LogP contribution in [0.2, 0.25) is 0 Å². The highest BCUT2D eigenvalue weighted by Crippen LogP contribution is 2.55. The molecule has 0 saturated carbocycles. The van der Waals surface area contributed by atoms with Gasteiger partial charge in [-0.15, -0.1) is 0 Å². The predicted octanol–water partition coefficient (Wildman–Crippen LogP) is 3.13. The second-order valence-corrected chi connectivity index (χ2v) is 9.60. The van der Waals surface area contributed by atoms with Gasteiger partial charge in [0.25, 0.3) is 0 Å². The van der Waals surface area contributed by atoms with Crippen molar-refractivity contribution >= 4 is 28.8 Å². The van der Waals surface area contributed by atoms with Crippen LogP contribution in [-0.2, 0) is 16.3 Å². The summed E-state index contributed by atoms with van der Waals surface area (Å²) in [4.78, 5) is 0. The van der Waals surface area contributed by atoms with E-state index in [0.29, 0.717) is 11.9 Å². The maximum atomic E-state index is 5.83. The number of nitrogens with two attached hydrogens (primary N) is 1. The molecule has 0 heterocycles. The Kier molecular flexibility index (Phi) is 6.87. The summed E-state index contributed by atoms with van der Waals surface area (Å²) in [5, 5.41) is 0.525. The van der Waals surface area contributed by atoms with E-state index in [-0.39, 0.29) is 0 Å². The summed E-state index contributed by atoms with van der Waals surface area (Å²) in [7, 11) is 0. The Morgan fingerprint density at radius 1 is 1.58 bits per heavy atom. The third kappa shape index (κ3) is 6.44. The van der Waals surface area contributed by atoms with Crippen LogP contribution in [0.5, 0.6) is 0 Å². The molecular weight excluding hydrogens is 209 g/mol. The van der Waals surface area contributed by atoms with Crippen molar-refractivity contribution in [3.63, 3.8) is 0 Å². The minimum atomic E-state index is -2.03. The van der Waals surface area contributed by atoms with Crippen molar-refractivity contribution in [1.82, 2.24) is 0 Å². The highest BCUT2D eigenvalue weighted by molar-refractivity contribution is 8.68. The van der Waals surface area contributed by atoms with E-state index < -0.39 is 5.62 Å². The van der Waals surface area contributed by atoms with Crippen LogP contribution in [0.3, 0.4) is 0 Å². The molecular formula is C7H18NOPS2. The van der Waals surface area contributed by atoms with Crippen molar-refractivity contribution in [2.45, 2.75) is 38.9 Å². The van der Waals surface area contributed by atoms with Crippen LogP contribution in [0, 0.1) is 0 Å². The molecule has 0 aromatic rings. The fourth-order valence-electron chi connectivity index (χ4n) is 0.920. The maximum absolute atomic E-state index is 5.83. The molecule has 2 N–H and O–H groups in total. The average Bonchev–Trinajstić information content (AvgIpc) is 1.85. The molecule has 2 atom stereocenters. The van der Waals surface area contributed by atoms with Crippen LogP contribution >= 0.6 is 17.0 Å². The number of hydrogen-bond donors (Lipinski definition) is 1. The molecule has 0 saturated heterocycles. The largest absolute Gasteiger partial charge is 0.331 e. The zero-order valence-corrected chi connectivity index (χ0v) is 10.5. The van der Waals surface area contributed by atoms with Crippen molar-refractivity contribution in [3.8, 4) is 0 Å². The van der Waals surface area contributed by atoms with E-state index in [9.17, 15) is 0 Å². The molecule has 0 rings (SSSR count). The number of rotatable bonds is 6. The monoisotopic (exact) mass is 227 g/mol. The lowest BCUT2D eigenvalue weighted by atomic mass is 10.3. The minimum Gasteiger partial charge on any atom is -0.331 e. The van der Waals surface area contributed by atoms with Gasteiger partial charge in [0.15, 0.2) is 5.62 Å². The van der Waals surface area contributed by atoms with Crippen molar-refractivity contribution < 1.29 is 4.52 Å². The van der Waals surface area contributed by atoms with E-state index in [4.69, 9.17) is 21.8 Å². The van der Waals surface area contributed by atoms with Gasteiger partial charge in [0, 0.05) is 5.25 Å². The molecule has 2 nitrogen and oxygen atoms in total. The first kappa shape index (κ1) is 12.9. The smallest absolute Gasteiger partial charge is 0.183 e. The van der Waals surface area contributed by atoms with E-state index in [1.807, 2.05) is 6.92 Å². The Labute approximate surface area is 84.5 Å². The van der Waals surface area contributed by atoms with Gasteiger partial charge in [0.05, 0.1) is 6.61 Å². The molecule has 0 aliphatic heterocycles. The zero-order chi connectivity index (χ0) is 9.61. The first-order valence-electron chi connectivity index (χ1n) is 4.23. The van der Waals surface area contributed by atoms with Crippen LogP contribution in [0.1, 0.15) is 33.6 Å². The Morgan fingerprint density at radius 3 is 2.58 bits per heavy atom. The Hall–Kier alpha value is 0.920. The lowest BCUT2D eigenvalue weighted by molar-refractivity contribution is 0.385. The fraction of sp³-hybridized carbons (Fsp3) is 1.00. The molecule has 2 unspecified atom stereocenters. The SMILES string of the molecule is CCCC(C)SP(N)(=S)OCC. The lowest BCUT2D eigenvalue weighted by Crippen LogP contribution is -2.01. The van der Waals surface area contributed by atoms with Gasteiger partial charge in [-0.3, -0.25) is 5.50 Å². The molecule has 0 aliphatic rings. The molecule has 0 amide bonds. The van der Waals surface area contributed by atoms with Crippen LogP contribution in [0.15, 0.2) is 0 Å². The van der Waals surface area contributed by atoms with Crippen molar-refractivity contribution in [3.05, 3.63) is 0 Å². The van der Waals surface area contributed by atoms with E-state index in [1.54, 1.807) is 11.4 Å². The van der Waals surface area contributed by atoms with E-state index in [0.717, 1.165) is 6.42 Å². The quantitative estimate of drug-likeness (QED) is 0.707. The van der Waals surface area contributed by atoms with Gasteiger partial charge in [-0.25, -0.2) is 0 Å². The predicted molar refractivity (Wildman–Crippen MR) is 62.1 cm³/mol. The van der Waals surface area contributed by atoms with E-state index in [1.165, 1.54) is 6.42 Å². The summed E-state index contributed by atoms with van der Waals surface area (Å²) < 4.78 is 5.31. The Bertz CT molecular complexity index is 165. The van der Waals surface area contributed by atoms with Gasteiger partial charge < -0.3 is 4.52 Å². The van der Waals surface area contributed by atoms with E-state index in [2.05, 4.69) is 13.8 Å². The van der Waals surface area contributed by atoms with Gasteiger partial charge in [-0.05, 0) is 25.2 Å². The van der Waals surface area contributed by atoms with Gasteiger partial charge in [-0.1, -0.05) is 31.7 Å². The highest BCUT2D eigenvalue weighted by Gasteiger charge is 2.15. The normalized spacial score (nSPS) is 18.7. The van der Waals surface area contributed by atoms with Gasteiger partial charge >= 0.3 is 0 Å². The lowest BCUT2D eigenvalue weighted by Gasteiger charge is -2.19. The summed E-state index contributed by atoms with van der Waals surface area (Å²) in [5.41, 5.74) is 3.80. The molecule has 0 aromatic carbocycles. The topological polar surface area (TPSA) is 35.2 Å². The summed E-state index contributed by atoms with van der Waals surface area (Å²) in [6.07, 6.45) is 2.34. The molecule has 0 spiro atoms. The van der Waals surface area contributed by atoms with Gasteiger partial charge in [0.2, 0.25) is 0 Å². The molecule has 0 radical (unpaired) electrons. The Balaban J connectivity index is 3.79. The molecule has 0 aliphatic carbocycles. The summed E-state index contributed by atoms with van der Waals surface area (Å²) >= 11 is 6.80. The average molecular weight is 227 g/mol. The molecule has 74 valence electrons. The third-order valence-electron chi connectivity index (χ3n) is 1.33. The fourth-order valence-corrected chi connectivity index (χ4v) is 6.14.